The second-order valence-corrected chi connectivity index (χ2v) is 4.47. The summed E-state index contributed by atoms with van der Waals surface area (Å²) in [6.45, 7) is 2.20. The van der Waals surface area contributed by atoms with Crippen LogP contribution in [-0.4, -0.2) is 31.8 Å². The highest BCUT2D eigenvalue weighted by atomic mass is 16.5. The number of carbonyl (C=O) groups excluding carboxylic acids is 1. The molecule has 1 fully saturated rings. The largest absolute Gasteiger partial charge is 0.462 e. The Hall–Kier alpha value is -1.55. The summed E-state index contributed by atoms with van der Waals surface area (Å²) >= 11 is 0. The SMILES string of the molecule is CCOC(=O)c1ccc(NC2CC(OC)C2)cc1. The van der Waals surface area contributed by atoms with Crippen LogP contribution in [0.1, 0.15) is 30.1 Å². The number of benzene rings is 1. The number of nitrogens with one attached hydrogen (secondary N) is 1. The molecule has 1 saturated carbocycles. The third-order valence-corrected chi connectivity index (χ3v) is 3.19. The molecule has 0 spiro atoms. The van der Waals surface area contributed by atoms with Crippen molar-refractivity contribution in [3.8, 4) is 0 Å². The molecule has 0 amide bonds. The van der Waals surface area contributed by atoms with Crippen molar-refractivity contribution in [2.24, 2.45) is 0 Å². The Morgan fingerprint density at radius 1 is 1.33 bits per heavy atom. The van der Waals surface area contributed by atoms with Gasteiger partial charge in [-0.1, -0.05) is 0 Å². The highest BCUT2D eigenvalue weighted by molar-refractivity contribution is 5.89. The molecule has 1 aromatic carbocycles. The van der Waals surface area contributed by atoms with Gasteiger partial charge in [0.2, 0.25) is 0 Å². The summed E-state index contributed by atoms with van der Waals surface area (Å²) in [6.07, 6.45) is 2.47. The minimum Gasteiger partial charge on any atom is -0.462 e. The zero-order valence-corrected chi connectivity index (χ0v) is 10.8. The second-order valence-electron chi connectivity index (χ2n) is 4.47. The average molecular weight is 249 g/mol. The lowest BCUT2D eigenvalue weighted by Gasteiger charge is -2.35. The van der Waals surface area contributed by atoms with Gasteiger partial charge in [0.25, 0.3) is 0 Å². The van der Waals surface area contributed by atoms with Gasteiger partial charge < -0.3 is 14.8 Å². The molecule has 1 N–H and O–H groups in total. The maximum atomic E-state index is 11.5. The fourth-order valence-electron chi connectivity index (χ4n) is 2.03. The van der Waals surface area contributed by atoms with E-state index < -0.39 is 0 Å². The van der Waals surface area contributed by atoms with Crippen molar-refractivity contribution in [3.05, 3.63) is 29.8 Å². The van der Waals surface area contributed by atoms with Gasteiger partial charge in [0.1, 0.15) is 0 Å². The molecule has 18 heavy (non-hydrogen) atoms. The third kappa shape index (κ3) is 3.01. The van der Waals surface area contributed by atoms with Gasteiger partial charge in [-0.15, -0.1) is 0 Å². The maximum absolute atomic E-state index is 11.5. The van der Waals surface area contributed by atoms with E-state index in [2.05, 4.69) is 5.32 Å². The molecule has 98 valence electrons. The fourth-order valence-corrected chi connectivity index (χ4v) is 2.03. The molecule has 0 bridgehead atoms. The number of hydrogen-bond donors (Lipinski definition) is 1. The lowest BCUT2D eigenvalue weighted by Crippen LogP contribution is -2.40. The number of esters is 1. The van der Waals surface area contributed by atoms with Crippen LogP contribution in [-0.2, 0) is 9.47 Å². The van der Waals surface area contributed by atoms with E-state index in [1.54, 1.807) is 26.2 Å². The molecule has 0 unspecified atom stereocenters. The summed E-state index contributed by atoms with van der Waals surface area (Å²) in [7, 11) is 1.75. The maximum Gasteiger partial charge on any atom is 0.338 e. The highest BCUT2D eigenvalue weighted by Crippen LogP contribution is 2.26. The van der Waals surface area contributed by atoms with Gasteiger partial charge in [-0.3, -0.25) is 0 Å². The first-order valence-corrected chi connectivity index (χ1v) is 6.29. The second kappa shape index (κ2) is 5.87. The van der Waals surface area contributed by atoms with Crippen LogP contribution in [0.15, 0.2) is 24.3 Å². The Morgan fingerprint density at radius 3 is 2.56 bits per heavy atom. The van der Waals surface area contributed by atoms with E-state index in [0.29, 0.717) is 24.3 Å². The summed E-state index contributed by atoms with van der Waals surface area (Å²) in [5, 5.41) is 3.41. The number of ether oxygens (including phenoxy) is 2. The van der Waals surface area contributed by atoms with Crippen molar-refractivity contribution in [2.75, 3.05) is 19.0 Å². The Balaban J connectivity index is 1.86. The molecular weight excluding hydrogens is 230 g/mol. The quantitative estimate of drug-likeness (QED) is 0.814. The van der Waals surface area contributed by atoms with E-state index in [9.17, 15) is 4.79 Å². The van der Waals surface area contributed by atoms with Crippen molar-refractivity contribution in [3.63, 3.8) is 0 Å². The van der Waals surface area contributed by atoms with E-state index in [4.69, 9.17) is 9.47 Å². The molecule has 4 heteroatoms. The van der Waals surface area contributed by atoms with Gasteiger partial charge in [-0.05, 0) is 44.0 Å². The smallest absolute Gasteiger partial charge is 0.338 e. The zero-order chi connectivity index (χ0) is 13.0. The first-order valence-electron chi connectivity index (χ1n) is 6.29. The van der Waals surface area contributed by atoms with E-state index in [1.807, 2.05) is 12.1 Å². The van der Waals surface area contributed by atoms with Crippen LogP contribution >= 0.6 is 0 Å². The summed E-state index contributed by atoms with van der Waals surface area (Å²) in [4.78, 5) is 11.5. The van der Waals surface area contributed by atoms with Gasteiger partial charge in [0.15, 0.2) is 0 Å². The molecule has 0 saturated heterocycles. The Morgan fingerprint density at radius 2 is 2.00 bits per heavy atom. The van der Waals surface area contributed by atoms with Gasteiger partial charge in [-0.2, -0.15) is 0 Å². The molecule has 0 aliphatic heterocycles. The van der Waals surface area contributed by atoms with Crippen molar-refractivity contribution < 1.29 is 14.3 Å². The molecule has 2 rings (SSSR count). The van der Waals surface area contributed by atoms with Gasteiger partial charge >= 0.3 is 5.97 Å². The van der Waals surface area contributed by atoms with Crippen LogP contribution in [0.4, 0.5) is 5.69 Å². The molecule has 0 aromatic heterocycles. The van der Waals surface area contributed by atoms with Gasteiger partial charge in [0, 0.05) is 18.8 Å². The highest BCUT2D eigenvalue weighted by Gasteiger charge is 2.28. The summed E-state index contributed by atoms with van der Waals surface area (Å²) in [5.41, 5.74) is 1.62. The molecule has 0 radical (unpaired) electrons. The Bertz CT molecular complexity index is 396. The van der Waals surface area contributed by atoms with Gasteiger partial charge in [0.05, 0.1) is 18.3 Å². The molecule has 0 atom stereocenters. The van der Waals surface area contributed by atoms with Crippen molar-refractivity contribution in [1.29, 1.82) is 0 Å². The van der Waals surface area contributed by atoms with E-state index in [0.717, 1.165) is 18.5 Å². The first-order chi connectivity index (χ1) is 8.72. The Kier molecular flexibility index (Phi) is 4.20. The topological polar surface area (TPSA) is 47.6 Å². The summed E-state index contributed by atoms with van der Waals surface area (Å²) in [6, 6.07) is 7.86. The predicted octanol–water partition coefficient (Wildman–Crippen LogP) is 2.45. The van der Waals surface area contributed by atoms with Crippen molar-refractivity contribution in [2.45, 2.75) is 31.9 Å². The predicted molar refractivity (Wildman–Crippen MR) is 69.8 cm³/mol. The van der Waals surface area contributed by atoms with Crippen LogP contribution in [0.3, 0.4) is 0 Å². The summed E-state index contributed by atoms with van der Waals surface area (Å²) in [5.74, 6) is -0.271. The monoisotopic (exact) mass is 249 g/mol. The van der Waals surface area contributed by atoms with E-state index >= 15 is 0 Å². The molecule has 1 aliphatic carbocycles. The lowest BCUT2D eigenvalue weighted by atomic mass is 9.89. The minimum atomic E-state index is -0.271. The fraction of sp³-hybridized carbons (Fsp3) is 0.500. The van der Waals surface area contributed by atoms with Crippen LogP contribution in [0, 0.1) is 0 Å². The summed E-state index contributed by atoms with van der Waals surface area (Å²) < 4.78 is 10.2. The van der Waals surface area contributed by atoms with E-state index in [1.165, 1.54) is 0 Å². The number of methoxy groups -OCH3 is 1. The Labute approximate surface area is 107 Å². The van der Waals surface area contributed by atoms with Crippen LogP contribution in [0.5, 0.6) is 0 Å². The van der Waals surface area contributed by atoms with Gasteiger partial charge in [-0.25, -0.2) is 4.79 Å². The van der Waals surface area contributed by atoms with E-state index in [-0.39, 0.29) is 5.97 Å². The average Bonchev–Trinajstić information content (AvgIpc) is 2.34. The molecule has 1 aromatic rings. The first kappa shape index (κ1) is 12.9. The van der Waals surface area contributed by atoms with Crippen molar-refractivity contribution in [1.82, 2.24) is 0 Å². The number of anilines is 1. The molecule has 4 nitrogen and oxygen atoms in total. The van der Waals surface area contributed by atoms with Crippen molar-refractivity contribution >= 4 is 11.7 Å². The number of rotatable bonds is 5. The van der Waals surface area contributed by atoms with Crippen LogP contribution < -0.4 is 5.32 Å². The number of carbonyl (C=O) groups is 1. The van der Waals surface area contributed by atoms with Crippen LogP contribution in [0.2, 0.25) is 0 Å². The minimum absolute atomic E-state index is 0.271. The number of hydrogen-bond acceptors (Lipinski definition) is 4. The molecule has 0 heterocycles. The normalized spacial score (nSPS) is 22.1. The standard InChI is InChI=1S/C14H19NO3/c1-3-18-14(16)10-4-6-11(7-5-10)15-12-8-13(9-12)17-2/h4-7,12-13,15H,3,8-9H2,1-2H3. The van der Waals surface area contributed by atoms with Crippen LogP contribution in [0.25, 0.3) is 0 Å². The molecule has 1 aliphatic rings. The zero-order valence-electron chi connectivity index (χ0n) is 10.8. The third-order valence-electron chi connectivity index (χ3n) is 3.19. The lowest BCUT2D eigenvalue weighted by molar-refractivity contribution is 0.0329. The molecular formula is C14H19NO3.